The van der Waals surface area contributed by atoms with Gasteiger partial charge in [-0.25, -0.2) is 4.98 Å². The third-order valence-corrected chi connectivity index (χ3v) is 4.98. The van der Waals surface area contributed by atoms with Crippen molar-refractivity contribution >= 4 is 45.6 Å². The molecular weight excluding hydrogens is 311 g/mol. The number of hydrogen-bond acceptors (Lipinski definition) is 2. The molecule has 3 aromatic rings. The molecule has 0 atom stereocenters. The van der Waals surface area contributed by atoms with E-state index in [9.17, 15) is 0 Å². The maximum atomic E-state index is 6.03. The number of halogens is 2. The zero-order valence-corrected chi connectivity index (χ0v) is 13.4. The van der Waals surface area contributed by atoms with Crippen LogP contribution in [0.4, 0.5) is 0 Å². The van der Waals surface area contributed by atoms with E-state index in [4.69, 9.17) is 23.2 Å². The van der Waals surface area contributed by atoms with Gasteiger partial charge in [-0.05, 0) is 36.8 Å². The average Bonchev–Trinajstić information content (AvgIpc) is 3.03. The van der Waals surface area contributed by atoms with Crippen LogP contribution < -0.4 is 0 Å². The molecule has 0 aliphatic rings. The van der Waals surface area contributed by atoms with Crippen molar-refractivity contribution in [1.29, 1.82) is 0 Å². The molecule has 1 aromatic carbocycles. The first-order chi connectivity index (χ1) is 9.71. The highest BCUT2D eigenvalue weighted by Crippen LogP contribution is 2.25. The Hall–Kier alpha value is -1.03. The second-order valence-electron chi connectivity index (χ2n) is 4.60. The quantitative estimate of drug-likeness (QED) is 0.610. The van der Waals surface area contributed by atoms with Gasteiger partial charge >= 0.3 is 0 Å². The third-order valence-electron chi connectivity index (χ3n) is 3.29. The number of alkyl halides is 1. The number of hydrogen-bond donors (Lipinski definition) is 0. The van der Waals surface area contributed by atoms with Gasteiger partial charge in [-0.2, -0.15) is 0 Å². The van der Waals surface area contributed by atoms with Crippen molar-refractivity contribution in [1.82, 2.24) is 9.55 Å². The fraction of sp³-hybridized carbons (Fsp3) is 0.267. The molecule has 0 saturated carbocycles. The van der Waals surface area contributed by atoms with Crippen LogP contribution in [0.2, 0.25) is 5.02 Å². The minimum atomic E-state index is 0.401. The smallest absolute Gasteiger partial charge is 0.125 e. The Morgan fingerprint density at radius 2 is 2.00 bits per heavy atom. The Balaban J connectivity index is 2.04. The molecule has 0 radical (unpaired) electrons. The fourth-order valence-electron chi connectivity index (χ4n) is 2.28. The van der Waals surface area contributed by atoms with Crippen molar-refractivity contribution in [3.8, 4) is 0 Å². The van der Waals surface area contributed by atoms with Crippen molar-refractivity contribution in [2.45, 2.75) is 25.8 Å². The number of imidazole rings is 1. The first kappa shape index (κ1) is 13.9. The van der Waals surface area contributed by atoms with Gasteiger partial charge in [-0.1, -0.05) is 18.5 Å². The molecule has 0 aliphatic carbocycles. The molecule has 0 amide bonds. The van der Waals surface area contributed by atoms with Crippen molar-refractivity contribution in [3.05, 3.63) is 50.9 Å². The number of nitrogens with zero attached hydrogens (tertiary/aromatic N) is 2. The predicted molar refractivity (Wildman–Crippen MR) is 87.1 cm³/mol. The number of aromatic nitrogens is 2. The van der Waals surface area contributed by atoms with Crippen molar-refractivity contribution in [2.24, 2.45) is 0 Å². The van der Waals surface area contributed by atoms with Gasteiger partial charge in [0.1, 0.15) is 5.82 Å². The molecule has 0 bridgehead atoms. The Labute approximate surface area is 132 Å². The molecule has 0 fully saturated rings. The van der Waals surface area contributed by atoms with Gasteiger partial charge in [0.25, 0.3) is 0 Å². The van der Waals surface area contributed by atoms with Gasteiger partial charge in [0.2, 0.25) is 0 Å². The van der Waals surface area contributed by atoms with Crippen LogP contribution in [0, 0.1) is 0 Å². The summed E-state index contributed by atoms with van der Waals surface area (Å²) in [6.45, 7) is 2.99. The topological polar surface area (TPSA) is 17.8 Å². The van der Waals surface area contributed by atoms with Gasteiger partial charge < -0.3 is 4.57 Å². The summed E-state index contributed by atoms with van der Waals surface area (Å²) in [7, 11) is 0. The molecule has 0 unspecified atom stereocenters. The zero-order chi connectivity index (χ0) is 14.1. The highest BCUT2D eigenvalue weighted by Gasteiger charge is 2.11. The molecule has 0 aliphatic heterocycles. The van der Waals surface area contributed by atoms with Crippen LogP contribution in [0.25, 0.3) is 11.0 Å². The second-order valence-corrected chi connectivity index (χ2v) is 6.56. The van der Waals surface area contributed by atoms with Crippen LogP contribution in [0.5, 0.6) is 0 Å². The lowest BCUT2D eigenvalue weighted by Crippen LogP contribution is -2.02. The van der Waals surface area contributed by atoms with E-state index in [1.165, 1.54) is 9.75 Å². The van der Waals surface area contributed by atoms with Crippen LogP contribution in [0.15, 0.2) is 30.3 Å². The summed E-state index contributed by atoms with van der Waals surface area (Å²) in [5, 5.41) is 0.702. The molecule has 2 nitrogen and oxygen atoms in total. The van der Waals surface area contributed by atoms with Crippen molar-refractivity contribution in [3.63, 3.8) is 0 Å². The van der Waals surface area contributed by atoms with Crippen LogP contribution >= 0.6 is 34.5 Å². The summed E-state index contributed by atoms with van der Waals surface area (Å²) < 4.78 is 2.17. The van der Waals surface area contributed by atoms with Gasteiger partial charge in [0, 0.05) is 14.8 Å². The van der Waals surface area contributed by atoms with Gasteiger partial charge in [-0.3, -0.25) is 0 Å². The summed E-state index contributed by atoms with van der Waals surface area (Å²) in [4.78, 5) is 7.29. The standard InChI is InChI=1S/C15H14Cl2N2S/c1-2-11-4-5-12(20-11)9-19-14-6-3-10(17)7-13(14)18-15(19)8-16/h3-7H,2,8-9H2,1H3. The normalized spacial score (nSPS) is 11.3. The van der Waals surface area contributed by atoms with Gasteiger partial charge in [0.05, 0.1) is 23.5 Å². The molecule has 20 heavy (non-hydrogen) atoms. The number of fused-ring (bicyclic) bond motifs is 1. The van der Waals surface area contributed by atoms with Gasteiger partial charge in [-0.15, -0.1) is 22.9 Å². The van der Waals surface area contributed by atoms with Crippen molar-refractivity contribution < 1.29 is 0 Å². The predicted octanol–water partition coefficient (Wildman–Crippen LogP) is 5.10. The molecule has 5 heteroatoms. The van der Waals surface area contributed by atoms with E-state index in [0.717, 1.165) is 29.8 Å². The van der Waals surface area contributed by atoms with Crippen LogP contribution in [-0.4, -0.2) is 9.55 Å². The number of aryl methyl sites for hydroxylation is 1. The highest BCUT2D eigenvalue weighted by molar-refractivity contribution is 7.11. The number of rotatable bonds is 4. The second kappa shape index (κ2) is 5.76. The number of benzene rings is 1. The van der Waals surface area contributed by atoms with E-state index in [-0.39, 0.29) is 0 Å². The van der Waals surface area contributed by atoms with Crippen molar-refractivity contribution in [2.75, 3.05) is 0 Å². The summed E-state index contributed by atoms with van der Waals surface area (Å²) in [6.07, 6.45) is 1.08. The molecule has 3 rings (SSSR count). The van der Waals surface area contributed by atoms with E-state index in [2.05, 4.69) is 28.6 Å². The SMILES string of the molecule is CCc1ccc(Cn2c(CCl)nc3cc(Cl)ccc32)s1. The summed E-state index contributed by atoms with van der Waals surface area (Å²) in [5.74, 6) is 1.29. The zero-order valence-electron chi connectivity index (χ0n) is 11.1. The maximum absolute atomic E-state index is 6.03. The lowest BCUT2D eigenvalue weighted by molar-refractivity contribution is 0.789. The molecule has 104 valence electrons. The average molecular weight is 325 g/mol. The largest absolute Gasteiger partial charge is 0.322 e. The minimum absolute atomic E-state index is 0.401. The van der Waals surface area contributed by atoms with Crippen LogP contribution in [-0.2, 0) is 18.8 Å². The third kappa shape index (κ3) is 2.58. The van der Waals surface area contributed by atoms with Crippen LogP contribution in [0.1, 0.15) is 22.5 Å². The van der Waals surface area contributed by atoms with E-state index in [1.807, 2.05) is 29.5 Å². The number of thiophene rings is 1. The Bertz CT molecular complexity index is 745. The molecule has 0 spiro atoms. The van der Waals surface area contributed by atoms with E-state index < -0.39 is 0 Å². The lowest BCUT2D eigenvalue weighted by atomic mass is 10.3. The summed E-state index contributed by atoms with van der Waals surface area (Å²) >= 11 is 13.9. The van der Waals surface area contributed by atoms with Gasteiger partial charge in [0.15, 0.2) is 0 Å². The highest BCUT2D eigenvalue weighted by atomic mass is 35.5. The summed E-state index contributed by atoms with van der Waals surface area (Å²) in [5.41, 5.74) is 1.98. The monoisotopic (exact) mass is 324 g/mol. The molecule has 2 aromatic heterocycles. The first-order valence-electron chi connectivity index (χ1n) is 6.49. The molecule has 0 N–H and O–H groups in total. The Morgan fingerprint density at radius 1 is 1.20 bits per heavy atom. The molecular formula is C15H14Cl2N2S. The maximum Gasteiger partial charge on any atom is 0.125 e. The minimum Gasteiger partial charge on any atom is -0.322 e. The first-order valence-corrected chi connectivity index (χ1v) is 8.22. The van der Waals surface area contributed by atoms with Crippen LogP contribution in [0.3, 0.4) is 0 Å². The molecule has 0 saturated heterocycles. The Kier molecular flexibility index (Phi) is 4.01. The van der Waals surface area contributed by atoms with E-state index in [0.29, 0.717) is 10.9 Å². The Morgan fingerprint density at radius 3 is 2.70 bits per heavy atom. The van der Waals surface area contributed by atoms with E-state index >= 15 is 0 Å². The lowest BCUT2D eigenvalue weighted by Gasteiger charge is -2.06. The van der Waals surface area contributed by atoms with E-state index in [1.54, 1.807) is 0 Å². The molecule has 2 heterocycles. The summed E-state index contributed by atoms with van der Waals surface area (Å²) in [6, 6.07) is 10.2. The fourth-order valence-corrected chi connectivity index (χ4v) is 3.60.